The Morgan fingerprint density at radius 3 is 2.06 bits per heavy atom. The van der Waals surface area contributed by atoms with Gasteiger partial charge in [0.1, 0.15) is 6.04 Å². The maximum atomic E-state index is 13.0. The number of hydrogen-bond acceptors (Lipinski definition) is 4. The zero-order chi connectivity index (χ0) is 25.2. The second-order valence-corrected chi connectivity index (χ2v) is 8.45. The average Bonchev–Trinajstić information content (AvgIpc) is 2.85. The number of nitrogens with one attached hydrogen (secondary N) is 1. The zero-order valence-corrected chi connectivity index (χ0v) is 19.4. The van der Waals surface area contributed by atoms with Crippen LogP contribution in [0.3, 0.4) is 0 Å². The van der Waals surface area contributed by atoms with E-state index >= 15 is 0 Å². The highest BCUT2D eigenvalue weighted by Gasteiger charge is 2.43. The van der Waals surface area contributed by atoms with Crippen LogP contribution in [-0.2, 0) is 32.0 Å². The Bertz CT molecular complexity index is 1070. The SMILES string of the molecule is NC(=NC(=O)CCc1ccccc1)N(CCC[C@H]1C(=O)N[C@@H]1C(=O)O)C(=O)CCc1ccccc1. The highest BCUT2D eigenvalue weighted by atomic mass is 16.4. The molecule has 0 radical (unpaired) electrons. The van der Waals surface area contributed by atoms with Crippen molar-refractivity contribution in [1.82, 2.24) is 10.2 Å². The number of benzene rings is 2. The molecule has 9 heteroatoms. The Labute approximate surface area is 204 Å². The summed E-state index contributed by atoms with van der Waals surface area (Å²) < 4.78 is 0. The van der Waals surface area contributed by atoms with E-state index in [1.807, 2.05) is 60.7 Å². The van der Waals surface area contributed by atoms with Crippen molar-refractivity contribution >= 4 is 29.7 Å². The molecule has 0 unspecified atom stereocenters. The van der Waals surface area contributed by atoms with E-state index in [2.05, 4.69) is 10.3 Å². The van der Waals surface area contributed by atoms with Gasteiger partial charge in [0, 0.05) is 19.4 Å². The van der Waals surface area contributed by atoms with Gasteiger partial charge in [-0.25, -0.2) is 4.79 Å². The molecule has 1 saturated heterocycles. The number of carbonyl (C=O) groups excluding carboxylic acids is 3. The molecule has 0 bridgehead atoms. The molecule has 3 rings (SSSR count). The Kier molecular flexibility index (Phi) is 9.11. The number of carboxylic acid groups (broad SMARTS) is 1. The third-order valence-electron chi connectivity index (χ3n) is 5.96. The van der Waals surface area contributed by atoms with Gasteiger partial charge in [0.05, 0.1) is 5.92 Å². The highest BCUT2D eigenvalue weighted by Crippen LogP contribution is 2.21. The third kappa shape index (κ3) is 7.49. The monoisotopic (exact) mass is 478 g/mol. The predicted molar refractivity (Wildman–Crippen MR) is 130 cm³/mol. The Morgan fingerprint density at radius 2 is 1.51 bits per heavy atom. The number of aliphatic carboxylic acids is 1. The normalized spacial score (nSPS) is 17.3. The van der Waals surface area contributed by atoms with Gasteiger partial charge in [0.25, 0.3) is 0 Å². The molecule has 184 valence electrons. The fourth-order valence-corrected chi connectivity index (χ4v) is 3.95. The topological polar surface area (TPSA) is 142 Å². The quantitative estimate of drug-likeness (QED) is 0.256. The fraction of sp³-hybridized carbons (Fsp3) is 0.346. The van der Waals surface area contributed by atoms with Crippen molar-refractivity contribution < 1.29 is 24.3 Å². The van der Waals surface area contributed by atoms with Crippen molar-refractivity contribution in [2.75, 3.05) is 6.54 Å². The highest BCUT2D eigenvalue weighted by molar-refractivity contribution is 6.01. The van der Waals surface area contributed by atoms with Crippen LogP contribution < -0.4 is 11.1 Å². The number of nitrogens with zero attached hydrogens (tertiary/aromatic N) is 2. The number of β-lactam (4-membered cyclic amide) rings is 1. The van der Waals surface area contributed by atoms with Gasteiger partial charge in [-0.1, -0.05) is 60.7 Å². The smallest absolute Gasteiger partial charge is 0.327 e. The van der Waals surface area contributed by atoms with Gasteiger partial charge in [0.15, 0.2) is 0 Å². The number of aryl methyl sites for hydroxylation is 2. The van der Waals surface area contributed by atoms with Crippen LogP contribution in [0.25, 0.3) is 0 Å². The van der Waals surface area contributed by atoms with Gasteiger partial charge in [0.2, 0.25) is 23.7 Å². The minimum Gasteiger partial charge on any atom is -0.480 e. The molecule has 35 heavy (non-hydrogen) atoms. The van der Waals surface area contributed by atoms with Crippen LogP contribution in [0.2, 0.25) is 0 Å². The van der Waals surface area contributed by atoms with Crippen LogP contribution in [0.1, 0.15) is 36.8 Å². The summed E-state index contributed by atoms with van der Waals surface area (Å²) in [5, 5.41) is 11.5. The molecule has 0 spiro atoms. The van der Waals surface area contributed by atoms with Crippen molar-refractivity contribution in [2.45, 2.75) is 44.6 Å². The second-order valence-electron chi connectivity index (χ2n) is 8.45. The van der Waals surface area contributed by atoms with Gasteiger partial charge in [-0.2, -0.15) is 4.99 Å². The molecule has 0 aromatic heterocycles. The lowest BCUT2D eigenvalue weighted by Crippen LogP contribution is -2.61. The number of hydrogen-bond donors (Lipinski definition) is 3. The average molecular weight is 479 g/mol. The standard InChI is InChI=1S/C26H30N4O5/c27-26(28-21(31)15-13-18-8-3-1-4-9-18)30(22(32)16-14-19-10-5-2-6-11-19)17-7-12-20-23(25(34)35)29-24(20)33/h1-6,8-11,20,23H,7,12-17H2,(H,29,33)(H,34,35)(H2,27,28,31)/t20-,23+/m1/s1. The first-order valence-electron chi connectivity index (χ1n) is 11.6. The van der Waals surface area contributed by atoms with Gasteiger partial charge < -0.3 is 16.2 Å². The molecular weight excluding hydrogens is 448 g/mol. The fourth-order valence-electron chi connectivity index (χ4n) is 3.95. The first-order valence-corrected chi connectivity index (χ1v) is 11.6. The number of aliphatic imine (C=N–C) groups is 1. The molecule has 3 amide bonds. The molecule has 1 fully saturated rings. The number of amides is 3. The summed E-state index contributed by atoms with van der Waals surface area (Å²) in [7, 11) is 0. The molecule has 2 aromatic rings. The number of guanidine groups is 1. The lowest BCUT2D eigenvalue weighted by molar-refractivity contribution is -0.153. The summed E-state index contributed by atoms with van der Waals surface area (Å²) >= 11 is 0. The van der Waals surface area contributed by atoms with E-state index in [0.29, 0.717) is 19.3 Å². The first kappa shape index (κ1) is 25.6. The number of rotatable bonds is 11. The van der Waals surface area contributed by atoms with Crippen LogP contribution in [0.5, 0.6) is 0 Å². The van der Waals surface area contributed by atoms with Gasteiger partial charge >= 0.3 is 5.97 Å². The van der Waals surface area contributed by atoms with Crippen molar-refractivity contribution in [3.05, 3.63) is 71.8 Å². The van der Waals surface area contributed by atoms with E-state index in [0.717, 1.165) is 11.1 Å². The van der Waals surface area contributed by atoms with Crippen molar-refractivity contribution in [3.8, 4) is 0 Å². The summed E-state index contributed by atoms with van der Waals surface area (Å²) in [6.45, 7) is 0.130. The van der Waals surface area contributed by atoms with Gasteiger partial charge in [-0.3, -0.25) is 19.3 Å². The molecule has 0 aliphatic carbocycles. The summed E-state index contributed by atoms with van der Waals surface area (Å²) in [4.78, 5) is 53.5. The molecule has 2 aromatic carbocycles. The minimum atomic E-state index is -1.09. The molecule has 4 N–H and O–H groups in total. The van der Waals surface area contributed by atoms with Crippen LogP contribution in [-0.4, -0.2) is 52.2 Å². The summed E-state index contributed by atoms with van der Waals surface area (Å²) in [6, 6.07) is 18.1. The summed E-state index contributed by atoms with van der Waals surface area (Å²) in [5.41, 5.74) is 8.07. The lowest BCUT2D eigenvalue weighted by atomic mass is 9.86. The van der Waals surface area contributed by atoms with E-state index in [1.165, 1.54) is 4.90 Å². The van der Waals surface area contributed by atoms with Crippen LogP contribution >= 0.6 is 0 Å². The summed E-state index contributed by atoms with van der Waals surface area (Å²) in [6.07, 6.45) is 1.94. The second kappa shape index (κ2) is 12.5. The first-order chi connectivity index (χ1) is 16.8. The minimum absolute atomic E-state index is 0.130. The van der Waals surface area contributed by atoms with E-state index in [1.54, 1.807) is 0 Å². The Balaban J connectivity index is 1.62. The van der Waals surface area contributed by atoms with Crippen LogP contribution in [0.4, 0.5) is 0 Å². The Hall–Kier alpha value is -4.01. The molecule has 1 heterocycles. The number of carboxylic acids is 1. The lowest BCUT2D eigenvalue weighted by Gasteiger charge is -2.34. The molecule has 2 atom stereocenters. The van der Waals surface area contributed by atoms with Crippen LogP contribution in [0.15, 0.2) is 65.7 Å². The predicted octanol–water partition coefficient (Wildman–Crippen LogP) is 1.90. The maximum absolute atomic E-state index is 13.0. The number of nitrogens with two attached hydrogens (primary N) is 1. The largest absolute Gasteiger partial charge is 0.480 e. The third-order valence-corrected chi connectivity index (χ3v) is 5.96. The molecular formula is C26H30N4O5. The maximum Gasteiger partial charge on any atom is 0.327 e. The molecule has 1 aliphatic heterocycles. The Morgan fingerprint density at radius 1 is 0.943 bits per heavy atom. The molecule has 0 saturated carbocycles. The van der Waals surface area contributed by atoms with Crippen molar-refractivity contribution in [2.24, 2.45) is 16.6 Å². The van der Waals surface area contributed by atoms with Crippen molar-refractivity contribution in [1.29, 1.82) is 0 Å². The molecule has 9 nitrogen and oxygen atoms in total. The molecule has 1 aliphatic rings. The zero-order valence-electron chi connectivity index (χ0n) is 19.4. The van der Waals surface area contributed by atoms with Gasteiger partial charge in [-0.15, -0.1) is 0 Å². The van der Waals surface area contributed by atoms with E-state index in [4.69, 9.17) is 10.8 Å². The van der Waals surface area contributed by atoms with Crippen LogP contribution in [0, 0.1) is 5.92 Å². The van der Waals surface area contributed by atoms with Gasteiger partial charge in [-0.05, 0) is 36.8 Å². The number of carbonyl (C=O) groups is 4. The van der Waals surface area contributed by atoms with E-state index in [-0.39, 0.29) is 43.6 Å². The van der Waals surface area contributed by atoms with Crippen molar-refractivity contribution in [3.63, 3.8) is 0 Å². The van der Waals surface area contributed by atoms with E-state index < -0.39 is 23.8 Å². The summed E-state index contributed by atoms with van der Waals surface area (Å²) in [5.74, 6) is -2.98. The van der Waals surface area contributed by atoms with E-state index in [9.17, 15) is 19.2 Å².